The first-order valence-electron chi connectivity index (χ1n) is 6.19. The van der Waals surface area contributed by atoms with Gasteiger partial charge in [0.05, 0.1) is 6.61 Å². The summed E-state index contributed by atoms with van der Waals surface area (Å²) in [5.41, 5.74) is 1.71. The van der Waals surface area contributed by atoms with Crippen LogP contribution in [0.1, 0.15) is 26.7 Å². The number of nitrogen functional groups attached to an aromatic ring is 1. The van der Waals surface area contributed by atoms with Gasteiger partial charge in [0.2, 0.25) is 0 Å². The maximum atomic E-state index is 13.6. The van der Waals surface area contributed by atoms with Gasteiger partial charge in [-0.2, -0.15) is 0 Å². The van der Waals surface area contributed by atoms with Gasteiger partial charge in [0.1, 0.15) is 0 Å². The van der Waals surface area contributed by atoms with Crippen molar-refractivity contribution >= 4 is 11.6 Å². The molecule has 0 radical (unpaired) electrons. The molecule has 1 aromatic heterocycles. The Hall–Kier alpha value is -1.47. The lowest BCUT2D eigenvalue weighted by Gasteiger charge is -2.29. The van der Waals surface area contributed by atoms with Crippen LogP contribution in [0.4, 0.5) is 20.4 Å². The normalized spacial score (nSPS) is 11.5. The second-order valence-corrected chi connectivity index (χ2v) is 4.51. The van der Waals surface area contributed by atoms with Crippen LogP contribution in [0, 0.1) is 17.0 Å². The lowest BCUT2D eigenvalue weighted by molar-refractivity contribution is 0.127. The molecule has 0 aliphatic rings. The van der Waals surface area contributed by atoms with Gasteiger partial charge in [-0.25, -0.2) is 19.6 Å². The quantitative estimate of drug-likeness (QED) is 0.450. The number of nitrogens with two attached hydrogens (primary N) is 1. The number of aliphatic hydroxyl groups excluding tert-OH is 1. The van der Waals surface area contributed by atoms with Gasteiger partial charge in [-0.1, -0.05) is 13.8 Å². The summed E-state index contributed by atoms with van der Waals surface area (Å²) in [5, 5.41) is 12.2. The van der Waals surface area contributed by atoms with Crippen molar-refractivity contribution in [3.8, 4) is 0 Å². The number of hydrogen-bond donors (Lipinski definition) is 4. The molecule has 0 atom stereocenters. The molecular formula is C12H20F2N4O. The van der Waals surface area contributed by atoms with Crippen LogP contribution in [0.25, 0.3) is 0 Å². The Kier molecular flexibility index (Phi) is 5.44. The SMILES string of the molecule is CCC(CC)(CO)CNc1nc(NN)c(F)cc1F. The first-order chi connectivity index (χ1) is 9.01. The molecule has 1 aromatic rings. The molecule has 0 spiro atoms. The number of nitrogens with zero attached hydrogens (tertiary/aromatic N) is 1. The van der Waals surface area contributed by atoms with Gasteiger partial charge in [-0.3, -0.25) is 0 Å². The first kappa shape index (κ1) is 15.6. The third-order valence-electron chi connectivity index (χ3n) is 3.53. The average molecular weight is 274 g/mol. The highest BCUT2D eigenvalue weighted by atomic mass is 19.1. The highest BCUT2D eigenvalue weighted by molar-refractivity contribution is 5.47. The molecule has 0 amide bonds. The second kappa shape index (κ2) is 6.63. The Balaban J connectivity index is 2.88. The van der Waals surface area contributed by atoms with Crippen molar-refractivity contribution in [2.45, 2.75) is 26.7 Å². The van der Waals surface area contributed by atoms with Crippen LogP contribution in [0.15, 0.2) is 6.07 Å². The third kappa shape index (κ3) is 3.51. The highest BCUT2D eigenvalue weighted by Crippen LogP contribution is 2.27. The monoisotopic (exact) mass is 274 g/mol. The first-order valence-corrected chi connectivity index (χ1v) is 6.19. The number of nitrogens with one attached hydrogen (secondary N) is 2. The van der Waals surface area contributed by atoms with E-state index in [2.05, 4.69) is 15.7 Å². The van der Waals surface area contributed by atoms with Crippen molar-refractivity contribution in [1.29, 1.82) is 0 Å². The van der Waals surface area contributed by atoms with Crippen LogP contribution in [-0.4, -0.2) is 23.2 Å². The summed E-state index contributed by atoms with van der Waals surface area (Å²) in [5.74, 6) is 3.12. The standard InChI is InChI=1S/C12H20F2N4O/c1-3-12(4-2,7-19)6-16-10-8(13)5-9(14)11(17-10)18-15/h5,19H,3-4,6-7,15H2,1-2H3,(H2,16,17,18). The lowest BCUT2D eigenvalue weighted by Crippen LogP contribution is -2.32. The molecule has 0 saturated carbocycles. The zero-order valence-electron chi connectivity index (χ0n) is 11.1. The van der Waals surface area contributed by atoms with E-state index in [4.69, 9.17) is 5.84 Å². The predicted molar refractivity (Wildman–Crippen MR) is 70.6 cm³/mol. The van der Waals surface area contributed by atoms with Gasteiger partial charge in [0.15, 0.2) is 23.3 Å². The largest absolute Gasteiger partial charge is 0.396 e. The molecule has 19 heavy (non-hydrogen) atoms. The smallest absolute Gasteiger partial charge is 0.178 e. The van der Waals surface area contributed by atoms with Crippen LogP contribution in [0.2, 0.25) is 0 Å². The molecule has 0 bridgehead atoms. The van der Waals surface area contributed by atoms with Gasteiger partial charge in [-0.05, 0) is 12.8 Å². The lowest BCUT2D eigenvalue weighted by atomic mass is 9.83. The summed E-state index contributed by atoms with van der Waals surface area (Å²) in [6.45, 7) is 4.22. The zero-order chi connectivity index (χ0) is 14.5. The van der Waals surface area contributed by atoms with E-state index in [1.807, 2.05) is 13.8 Å². The van der Waals surface area contributed by atoms with Gasteiger partial charge in [-0.15, -0.1) is 0 Å². The van der Waals surface area contributed by atoms with Crippen molar-refractivity contribution in [1.82, 2.24) is 4.98 Å². The van der Waals surface area contributed by atoms with E-state index in [-0.39, 0.29) is 23.7 Å². The fourth-order valence-electron chi connectivity index (χ4n) is 1.74. The van der Waals surface area contributed by atoms with Crippen molar-refractivity contribution in [3.63, 3.8) is 0 Å². The minimum absolute atomic E-state index is 0.0161. The number of hydrogen-bond acceptors (Lipinski definition) is 5. The Labute approximate surface area is 111 Å². The van der Waals surface area contributed by atoms with Gasteiger partial charge < -0.3 is 15.8 Å². The van der Waals surface area contributed by atoms with Crippen molar-refractivity contribution in [2.24, 2.45) is 11.3 Å². The van der Waals surface area contributed by atoms with Crippen LogP contribution in [0.5, 0.6) is 0 Å². The molecule has 0 saturated heterocycles. The Morgan fingerprint density at radius 3 is 2.32 bits per heavy atom. The van der Waals surface area contributed by atoms with E-state index in [9.17, 15) is 13.9 Å². The summed E-state index contributed by atoms with van der Waals surface area (Å²) >= 11 is 0. The number of pyridine rings is 1. The van der Waals surface area contributed by atoms with E-state index >= 15 is 0 Å². The summed E-state index contributed by atoms with van der Waals surface area (Å²) in [4.78, 5) is 3.72. The topological polar surface area (TPSA) is 83.2 Å². The van der Waals surface area contributed by atoms with Crippen LogP contribution in [0.3, 0.4) is 0 Å². The van der Waals surface area contributed by atoms with Crippen LogP contribution >= 0.6 is 0 Å². The summed E-state index contributed by atoms with van der Waals surface area (Å²) < 4.78 is 26.7. The molecule has 0 aliphatic carbocycles. The molecule has 108 valence electrons. The predicted octanol–water partition coefficient (Wildman–Crippen LogP) is 1.86. The van der Waals surface area contributed by atoms with Crippen LogP contribution < -0.4 is 16.6 Å². The third-order valence-corrected chi connectivity index (χ3v) is 3.53. The fourth-order valence-corrected chi connectivity index (χ4v) is 1.74. The summed E-state index contributed by atoms with van der Waals surface area (Å²) in [6, 6.07) is 0.711. The van der Waals surface area contributed by atoms with E-state index in [1.54, 1.807) is 0 Å². The van der Waals surface area contributed by atoms with Gasteiger partial charge in [0.25, 0.3) is 0 Å². The number of aliphatic hydroxyl groups is 1. The molecular weight excluding hydrogens is 254 g/mol. The molecule has 1 heterocycles. The van der Waals surface area contributed by atoms with E-state index in [0.717, 1.165) is 12.8 Å². The Morgan fingerprint density at radius 2 is 1.84 bits per heavy atom. The number of hydrazine groups is 1. The zero-order valence-corrected chi connectivity index (χ0v) is 11.1. The van der Waals surface area contributed by atoms with E-state index in [1.165, 1.54) is 0 Å². The van der Waals surface area contributed by atoms with Gasteiger partial charge in [0, 0.05) is 18.0 Å². The highest BCUT2D eigenvalue weighted by Gasteiger charge is 2.25. The summed E-state index contributed by atoms with van der Waals surface area (Å²) in [7, 11) is 0. The van der Waals surface area contributed by atoms with Crippen LogP contribution in [-0.2, 0) is 0 Å². The molecule has 5 nitrogen and oxygen atoms in total. The fraction of sp³-hybridized carbons (Fsp3) is 0.583. The molecule has 1 rings (SSSR count). The molecule has 0 unspecified atom stereocenters. The number of rotatable bonds is 7. The molecule has 7 heteroatoms. The number of anilines is 2. The second-order valence-electron chi connectivity index (χ2n) is 4.51. The minimum atomic E-state index is -0.857. The Bertz CT molecular complexity index is 416. The minimum Gasteiger partial charge on any atom is -0.396 e. The van der Waals surface area contributed by atoms with Crippen molar-refractivity contribution in [2.75, 3.05) is 23.9 Å². The number of halogens is 2. The van der Waals surface area contributed by atoms with Crippen molar-refractivity contribution in [3.05, 3.63) is 17.7 Å². The molecule has 0 aromatic carbocycles. The Morgan fingerprint density at radius 1 is 1.26 bits per heavy atom. The summed E-state index contributed by atoms with van der Waals surface area (Å²) in [6.07, 6.45) is 1.47. The van der Waals surface area contributed by atoms with E-state index in [0.29, 0.717) is 12.6 Å². The average Bonchev–Trinajstić information content (AvgIpc) is 2.43. The molecule has 5 N–H and O–H groups in total. The van der Waals surface area contributed by atoms with Gasteiger partial charge >= 0.3 is 0 Å². The molecule has 0 fully saturated rings. The maximum Gasteiger partial charge on any atom is 0.178 e. The number of aromatic nitrogens is 1. The maximum absolute atomic E-state index is 13.6. The van der Waals surface area contributed by atoms with E-state index < -0.39 is 11.6 Å². The van der Waals surface area contributed by atoms with Crippen molar-refractivity contribution < 1.29 is 13.9 Å². The molecule has 0 aliphatic heterocycles.